The van der Waals surface area contributed by atoms with Gasteiger partial charge in [-0.1, -0.05) is 41.9 Å². The van der Waals surface area contributed by atoms with E-state index in [9.17, 15) is 0 Å². The summed E-state index contributed by atoms with van der Waals surface area (Å²) in [5.74, 6) is 1.25. The molecule has 0 saturated carbocycles. The molecule has 0 aliphatic rings. The molecule has 3 heteroatoms. The Balaban J connectivity index is 2.38. The van der Waals surface area contributed by atoms with Crippen LogP contribution >= 0.6 is 15.9 Å². The normalized spacial score (nSPS) is 12.9. The maximum absolute atomic E-state index is 5.73. The highest BCUT2D eigenvalue weighted by atomic mass is 79.9. The Bertz CT molecular complexity index is 337. The average Bonchev–Trinajstić information content (AvgIpc) is 2.38. The van der Waals surface area contributed by atoms with Crippen LogP contribution in [0.25, 0.3) is 0 Å². The number of rotatable bonds is 9. The predicted octanol–water partition coefficient (Wildman–Crippen LogP) is 4.20. The third-order valence-electron chi connectivity index (χ3n) is 3.24. The second kappa shape index (κ2) is 9.51. The van der Waals surface area contributed by atoms with E-state index in [2.05, 4.69) is 59.4 Å². The van der Waals surface area contributed by atoms with Gasteiger partial charge >= 0.3 is 0 Å². The lowest BCUT2D eigenvalue weighted by Crippen LogP contribution is -2.19. The molecule has 19 heavy (non-hydrogen) atoms. The van der Waals surface area contributed by atoms with Gasteiger partial charge in [-0.15, -0.1) is 0 Å². The van der Waals surface area contributed by atoms with Crippen LogP contribution in [0.3, 0.4) is 0 Å². The van der Waals surface area contributed by atoms with Gasteiger partial charge in [-0.2, -0.15) is 0 Å². The first-order valence-corrected chi connectivity index (χ1v) is 7.90. The molecular formula is C16H26BrNO. The number of nitrogens with one attached hydrogen (secondary N) is 1. The largest absolute Gasteiger partial charge is 0.381 e. The number of halogens is 1. The highest BCUT2D eigenvalue weighted by molar-refractivity contribution is 9.10. The number of hydrogen-bond acceptors (Lipinski definition) is 2. The Morgan fingerprint density at radius 1 is 1.11 bits per heavy atom. The molecule has 1 unspecified atom stereocenters. The van der Waals surface area contributed by atoms with E-state index in [1.165, 1.54) is 5.56 Å². The fraction of sp³-hybridized carbons (Fsp3) is 0.625. The first-order valence-electron chi connectivity index (χ1n) is 7.11. The maximum atomic E-state index is 5.73. The number of benzene rings is 1. The van der Waals surface area contributed by atoms with Crippen molar-refractivity contribution in [3.05, 3.63) is 34.3 Å². The lowest BCUT2D eigenvalue weighted by Gasteiger charge is -2.17. The Morgan fingerprint density at radius 2 is 1.74 bits per heavy atom. The molecule has 1 rings (SSSR count). The van der Waals surface area contributed by atoms with Gasteiger partial charge in [0.05, 0.1) is 0 Å². The van der Waals surface area contributed by atoms with Crippen LogP contribution in [0, 0.1) is 5.92 Å². The molecule has 1 atom stereocenters. The van der Waals surface area contributed by atoms with Crippen LogP contribution < -0.4 is 5.32 Å². The molecule has 0 radical (unpaired) electrons. The maximum Gasteiger partial charge on any atom is 0.0472 e. The van der Waals surface area contributed by atoms with Crippen molar-refractivity contribution in [3.8, 4) is 0 Å². The molecule has 0 aliphatic heterocycles. The van der Waals surface area contributed by atoms with Crippen molar-refractivity contribution >= 4 is 15.9 Å². The van der Waals surface area contributed by atoms with Crippen LogP contribution in [0.2, 0.25) is 0 Å². The third-order valence-corrected chi connectivity index (χ3v) is 3.77. The summed E-state index contributed by atoms with van der Waals surface area (Å²) < 4.78 is 6.86. The first-order chi connectivity index (χ1) is 9.13. The molecule has 1 aromatic carbocycles. The summed E-state index contributed by atoms with van der Waals surface area (Å²) in [7, 11) is 2.01. The number of hydrogen-bond donors (Lipinski definition) is 1. The van der Waals surface area contributed by atoms with E-state index in [0.29, 0.717) is 5.92 Å². The molecule has 1 N–H and O–H groups in total. The first kappa shape index (κ1) is 16.7. The molecule has 0 bridgehead atoms. The molecule has 0 aromatic heterocycles. The topological polar surface area (TPSA) is 21.3 Å². The fourth-order valence-electron chi connectivity index (χ4n) is 2.01. The summed E-state index contributed by atoms with van der Waals surface area (Å²) in [6, 6.07) is 8.61. The summed E-state index contributed by atoms with van der Waals surface area (Å²) in [5, 5.41) is 3.27. The van der Waals surface area contributed by atoms with Crippen molar-refractivity contribution in [1.29, 1.82) is 0 Å². The molecule has 0 aliphatic carbocycles. The van der Waals surface area contributed by atoms with E-state index >= 15 is 0 Å². The van der Waals surface area contributed by atoms with E-state index in [4.69, 9.17) is 4.74 Å². The lowest BCUT2D eigenvalue weighted by molar-refractivity contribution is 0.117. The van der Waals surface area contributed by atoms with Crippen molar-refractivity contribution in [2.45, 2.75) is 32.6 Å². The van der Waals surface area contributed by atoms with Crippen molar-refractivity contribution in [2.75, 3.05) is 26.8 Å². The summed E-state index contributed by atoms with van der Waals surface area (Å²) in [6.07, 6.45) is 2.22. The zero-order valence-corrected chi connectivity index (χ0v) is 13.9. The van der Waals surface area contributed by atoms with Gasteiger partial charge in [-0.3, -0.25) is 0 Å². The monoisotopic (exact) mass is 327 g/mol. The van der Waals surface area contributed by atoms with E-state index in [-0.39, 0.29) is 0 Å². The highest BCUT2D eigenvalue weighted by Crippen LogP contribution is 2.21. The van der Waals surface area contributed by atoms with Gasteiger partial charge in [0.2, 0.25) is 0 Å². The van der Waals surface area contributed by atoms with E-state index in [1.54, 1.807) is 0 Å². The molecule has 108 valence electrons. The summed E-state index contributed by atoms with van der Waals surface area (Å²) in [4.78, 5) is 0. The van der Waals surface area contributed by atoms with Crippen molar-refractivity contribution < 1.29 is 4.74 Å². The van der Waals surface area contributed by atoms with Gasteiger partial charge in [-0.25, -0.2) is 0 Å². The molecule has 0 heterocycles. The van der Waals surface area contributed by atoms with Crippen LogP contribution in [0.1, 0.15) is 38.2 Å². The minimum absolute atomic E-state index is 0.525. The molecule has 0 fully saturated rings. The lowest BCUT2D eigenvalue weighted by atomic mass is 9.96. The SMILES string of the molecule is CNCC(CCOCCC(C)C)c1ccc(Br)cc1. The third kappa shape index (κ3) is 7.09. The van der Waals surface area contributed by atoms with Crippen molar-refractivity contribution in [1.82, 2.24) is 5.32 Å². The Hall–Kier alpha value is -0.380. The molecular weight excluding hydrogens is 302 g/mol. The van der Waals surface area contributed by atoms with Crippen LogP contribution in [0.4, 0.5) is 0 Å². The quantitative estimate of drug-likeness (QED) is 0.686. The van der Waals surface area contributed by atoms with Crippen molar-refractivity contribution in [3.63, 3.8) is 0 Å². The van der Waals surface area contributed by atoms with Crippen LogP contribution in [-0.4, -0.2) is 26.8 Å². The zero-order chi connectivity index (χ0) is 14.1. The molecule has 1 aromatic rings. The Labute approximate surface area is 126 Å². The number of ether oxygens (including phenoxy) is 1. The standard InChI is InChI=1S/C16H26BrNO/c1-13(2)8-10-19-11-9-15(12-18-3)14-4-6-16(17)7-5-14/h4-7,13,15,18H,8-12H2,1-3H3. The van der Waals surface area contributed by atoms with Crippen molar-refractivity contribution in [2.24, 2.45) is 5.92 Å². The molecule has 0 saturated heterocycles. The van der Waals surface area contributed by atoms with Gasteiger partial charge in [0, 0.05) is 24.2 Å². The molecule has 0 amide bonds. The Kier molecular flexibility index (Phi) is 8.35. The van der Waals surface area contributed by atoms with Crippen LogP contribution in [0.5, 0.6) is 0 Å². The fourth-order valence-corrected chi connectivity index (χ4v) is 2.28. The van der Waals surface area contributed by atoms with E-state index in [0.717, 1.165) is 43.0 Å². The highest BCUT2D eigenvalue weighted by Gasteiger charge is 2.10. The van der Waals surface area contributed by atoms with Crippen LogP contribution in [-0.2, 0) is 4.74 Å². The molecule has 0 spiro atoms. The van der Waals surface area contributed by atoms with Gasteiger partial charge in [0.15, 0.2) is 0 Å². The van der Waals surface area contributed by atoms with E-state index < -0.39 is 0 Å². The molecule has 2 nitrogen and oxygen atoms in total. The minimum atomic E-state index is 0.525. The smallest absolute Gasteiger partial charge is 0.0472 e. The van der Waals surface area contributed by atoms with Gasteiger partial charge in [-0.05, 0) is 49.4 Å². The Morgan fingerprint density at radius 3 is 2.32 bits per heavy atom. The van der Waals surface area contributed by atoms with Gasteiger partial charge in [0.1, 0.15) is 0 Å². The summed E-state index contributed by atoms with van der Waals surface area (Å²) in [5.41, 5.74) is 1.38. The summed E-state index contributed by atoms with van der Waals surface area (Å²) >= 11 is 3.48. The number of likely N-dealkylation sites (N-methyl/N-ethyl adjacent to an activating group) is 1. The zero-order valence-electron chi connectivity index (χ0n) is 12.3. The van der Waals surface area contributed by atoms with E-state index in [1.807, 2.05) is 7.05 Å². The predicted molar refractivity (Wildman–Crippen MR) is 85.7 cm³/mol. The average molecular weight is 328 g/mol. The van der Waals surface area contributed by atoms with Gasteiger partial charge in [0.25, 0.3) is 0 Å². The minimum Gasteiger partial charge on any atom is -0.381 e. The van der Waals surface area contributed by atoms with Crippen LogP contribution in [0.15, 0.2) is 28.7 Å². The second-order valence-corrected chi connectivity index (χ2v) is 6.31. The van der Waals surface area contributed by atoms with Gasteiger partial charge < -0.3 is 10.1 Å². The second-order valence-electron chi connectivity index (χ2n) is 5.39. The summed E-state index contributed by atoms with van der Waals surface area (Å²) in [6.45, 7) is 7.18.